The molecule has 0 aromatic rings. The van der Waals surface area contributed by atoms with Gasteiger partial charge in [-0.1, -0.05) is 167 Å². The number of carboxylic acid groups (broad SMARTS) is 1. The molecular weight excluding hydrogens is 1400 g/mol. The molecule has 0 aromatic heterocycles. The topological polar surface area (TPSA) is 580 Å². The van der Waals surface area contributed by atoms with Crippen LogP contribution in [-0.4, -0.2) is 316 Å². The SMILES string of the molecule is [2H]C([2H])([2H])C([2H])([2H])C([2H])([2H])C([2H])([2H])CCCCCCCCCCCC(=O)N[C@@H](CO[C@@H]1O[C@H](CO)[C@@H](O[C@@H]2O[C@H](CO)[C@H](O[C@@H]3O[C@H](CO)[C@H](O)[C@H](O[C@@H]4O[C@H](CO)[C@H](O)[C@H](O)[C@H]4O)[C@H]3NC(C)=O)[C@H](O[C@]3(C(=O)[O-])C[C@H](O)[C@@H](NC(C)=O)[C@H]([C@H](O)[C@H](O)CO)O3)[C@H]2O)[C@H](O)[C@H]1O)[C@H](O)/C=C/CCCCCCCCCCCCC.[NH4+]. The van der Waals surface area contributed by atoms with Gasteiger partial charge in [-0.05, 0) is 19.3 Å². The molecule has 620 valence electrons. The first kappa shape index (κ1) is 80.6. The number of amides is 3. The van der Waals surface area contributed by atoms with Gasteiger partial charge in [0.05, 0.1) is 63.9 Å². The number of hydrogen-bond donors (Lipinski definition) is 20. The van der Waals surface area contributed by atoms with Crippen LogP contribution in [0.4, 0.5) is 0 Å². The smallest absolute Gasteiger partial charge is 0.220 e. The van der Waals surface area contributed by atoms with Crippen molar-refractivity contribution in [3.8, 4) is 0 Å². The molecule has 3 amide bonds. The van der Waals surface area contributed by atoms with Crippen LogP contribution < -0.4 is 27.2 Å². The van der Waals surface area contributed by atoms with Crippen LogP contribution in [0.1, 0.15) is 213 Å². The van der Waals surface area contributed by atoms with Crippen molar-refractivity contribution >= 4 is 23.7 Å². The Morgan fingerprint density at radius 3 is 1.62 bits per heavy atom. The largest absolute Gasteiger partial charge is 0.544 e. The molecule has 35 nitrogen and oxygen atoms in total. The fraction of sp³-hybridized carbons (Fsp3) is 0.915. The van der Waals surface area contributed by atoms with Gasteiger partial charge in [0.2, 0.25) is 23.5 Å². The van der Waals surface area contributed by atoms with Crippen molar-refractivity contribution in [1.82, 2.24) is 22.1 Å². The van der Waals surface area contributed by atoms with Gasteiger partial charge < -0.3 is 161 Å². The normalized spacial score (nSPS) is 36.5. The van der Waals surface area contributed by atoms with E-state index in [2.05, 4.69) is 22.9 Å². The number of carbonyl (C=O) groups is 4. The van der Waals surface area contributed by atoms with Crippen molar-refractivity contribution in [3.63, 3.8) is 0 Å². The van der Waals surface area contributed by atoms with Crippen molar-refractivity contribution in [2.75, 3.05) is 39.6 Å². The number of nitrogens with one attached hydrogen (secondary N) is 3. The second-order valence-electron chi connectivity index (χ2n) is 27.7. The van der Waals surface area contributed by atoms with Crippen LogP contribution in [0.2, 0.25) is 0 Å². The summed E-state index contributed by atoms with van der Waals surface area (Å²) in [4.78, 5) is 52.9. The van der Waals surface area contributed by atoms with Crippen LogP contribution >= 0.6 is 0 Å². The third kappa shape index (κ3) is 28.6. The van der Waals surface area contributed by atoms with Gasteiger partial charge in [0, 0.05) is 39.0 Å². The van der Waals surface area contributed by atoms with E-state index >= 15 is 0 Å². The zero-order valence-corrected chi connectivity index (χ0v) is 61.2. The van der Waals surface area contributed by atoms with E-state index in [0.29, 0.717) is 32.1 Å². The number of aliphatic hydroxyl groups is 16. The number of carboxylic acids is 1. The van der Waals surface area contributed by atoms with Gasteiger partial charge in [0.1, 0.15) is 122 Å². The van der Waals surface area contributed by atoms with Crippen LogP contribution in [-0.2, 0) is 66.5 Å². The van der Waals surface area contributed by atoms with E-state index in [-0.39, 0.29) is 25.4 Å². The van der Waals surface area contributed by atoms with Crippen molar-refractivity contribution in [1.29, 1.82) is 0 Å². The lowest BCUT2D eigenvalue weighted by atomic mass is 9.88. The lowest BCUT2D eigenvalue weighted by molar-refractivity contribution is -0.421. The highest BCUT2D eigenvalue weighted by molar-refractivity contribution is 5.76. The molecule has 0 spiro atoms. The summed E-state index contributed by atoms with van der Waals surface area (Å²) < 4.78 is 130. The maximum atomic E-state index is 13.7. The predicted molar refractivity (Wildman–Crippen MR) is 372 cm³/mol. The van der Waals surface area contributed by atoms with E-state index in [1.165, 1.54) is 44.6 Å². The molecule has 0 bridgehead atoms. The average Bonchev–Trinajstić information content (AvgIpc) is 0.750. The molecule has 5 aliphatic rings. The Balaban J connectivity index is 0.0000278. The summed E-state index contributed by atoms with van der Waals surface area (Å²) in [5, 5.41) is 199. The molecule has 5 rings (SSSR count). The van der Waals surface area contributed by atoms with E-state index in [9.17, 15) is 106 Å². The standard InChI is InChI=1S/C71H127N3O31.H3N/c1-5-7-9-11-13-15-17-19-21-23-25-27-29-31-43(82)42(74-50(85)32-30-28-26-24-22-20-18-16-14-12-10-8-6-2)39-96-67-59(92)57(90)61(48(37-78)99-67)101-69-60(93)65(105-71(70(94)95)33-44(83)51(72-40(3)80)64(104-71)53(86)45(84)34-75)62(49(38-79)100-69)102-66-52(73-41(4)81)63(55(88)47(36-77)97-66)103-68-58(91)56(89)54(87)46(35-76)98-68;/h29,31,42-49,51-69,75-79,82-84,86-93H,5-28,30,32-39H2,1-4H3,(H,72,80)(H,73,81)(H,74,85)(H,94,95);1H3/b31-29+;/t42-,43+,44-,45+,46+,47+,48+,49+,51+,52+,53+,54-,55-,56-,57+,58+,59+,60+,61+,62-,63+,64+,65+,66-,67+,68-,69-,71-;/m0./s1/i2D3,6D2,8D2,10D2;. The maximum absolute atomic E-state index is 13.7. The molecule has 35 heteroatoms. The molecule has 106 heavy (non-hydrogen) atoms. The third-order valence-corrected chi connectivity index (χ3v) is 19.4. The Labute approximate surface area is 633 Å². The van der Waals surface area contributed by atoms with Crippen molar-refractivity contribution < 1.29 is 166 Å². The van der Waals surface area contributed by atoms with Gasteiger partial charge in [-0.25, -0.2) is 0 Å². The highest BCUT2D eigenvalue weighted by Crippen LogP contribution is 2.41. The zero-order chi connectivity index (χ0) is 85.2. The minimum Gasteiger partial charge on any atom is -0.544 e. The number of unbranched alkanes of at least 4 members (excludes halogenated alkanes) is 19. The van der Waals surface area contributed by atoms with E-state index in [4.69, 9.17) is 59.7 Å². The molecule has 0 saturated carbocycles. The Kier molecular flexibility index (Phi) is 37.9. The summed E-state index contributed by atoms with van der Waals surface area (Å²) in [6, 6.07) is -5.01. The molecule has 5 fully saturated rings. The lowest BCUT2D eigenvalue weighted by Crippen LogP contribution is -2.73. The number of ether oxygens (including phenoxy) is 10. The van der Waals surface area contributed by atoms with Gasteiger partial charge >= 0.3 is 0 Å². The molecule has 0 radical (unpaired) electrons. The fourth-order valence-electron chi connectivity index (χ4n) is 13.5. The Morgan fingerprint density at radius 2 is 1.06 bits per heavy atom. The molecular formula is C71H130N4O31. The van der Waals surface area contributed by atoms with Crippen LogP contribution in [0.25, 0.3) is 0 Å². The number of aliphatic hydroxyl groups excluding tert-OH is 16. The first-order chi connectivity index (χ1) is 53.7. The van der Waals surface area contributed by atoms with Crippen LogP contribution in [0.15, 0.2) is 12.2 Å². The van der Waals surface area contributed by atoms with Crippen molar-refractivity contribution in [2.45, 2.75) is 372 Å². The number of aliphatic carboxylic acids is 1. The molecule has 5 saturated heterocycles. The molecule has 0 aromatic carbocycles. The minimum absolute atomic E-state index is 0. The molecule has 5 aliphatic heterocycles. The quantitative estimate of drug-likeness (QED) is 0.0216. The third-order valence-electron chi connectivity index (χ3n) is 19.4. The molecule has 5 heterocycles. The maximum Gasteiger partial charge on any atom is 0.220 e. The fourth-order valence-corrected chi connectivity index (χ4v) is 13.5. The lowest BCUT2D eigenvalue weighted by Gasteiger charge is -2.54. The van der Waals surface area contributed by atoms with Crippen LogP contribution in [0, 0.1) is 0 Å². The van der Waals surface area contributed by atoms with Crippen LogP contribution in [0.3, 0.4) is 0 Å². The highest BCUT2D eigenvalue weighted by atomic mass is 16.8. The van der Waals surface area contributed by atoms with Gasteiger partial charge in [0.25, 0.3) is 0 Å². The molecule has 0 aliphatic carbocycles. The number of hydrogen-bond acceptors (Lipinski definition) is 31. The highest BCUT2D eigenvalue weighted by Gasteiger charge is 2.61. The number of allylic oxidation sites excluding steroid dienone is 1. The molecule has 0 unspecified atom stereocenters. The first-order valence-corrected chi connectivity index (χ1v) is 37.0. The summed E-state index contributed by atoms with van der Waals surface area (Å²) in [7, 11) is 0. The Hall–Kier alpha value is -3.46. The van der Waals surface area contributed by atoms with Crippen molar-refractivity contribution in [2.24, 2.45) is 0 Å². The van der Waals surface area contributed by atoms with E-state index < -0.39 is 267 Å². The number of quaternary nitrogens is 1. The van der Waals surface area contributed by atoms with E-state index in [1.54, 1.807) is 6.08 Å². The van der Waals surface area contributed by atoms with E-state index in [1.807, 2.05) is 0 Å². The van der Waals surface area contributed by atoms with Crippen molar-refractivity contribution in [3.05, 3.63) is 12.2 Å². The predicted octanol–water partition coefficient (Wildman–Crippen LogP) is -2.78. The van der Waals surface area contributed by atoms with E-state index in [0.717, 1.165) is 71.6 Å². The van der Waals surface area contributed by atoms with Gasteiger partial charge in [-0.15, -0.1) is 0 Å². The first-order valence-electron chi connectivity index (χ1n) is 41.5. The summed E-state index contributed by atoms with van der Waals surface area (Å²) in [5.41, 5.74) is 0. The second kappa shape index (κ2) is 49.8. The number of rotatable bonds is 50. The number of carbonyl (C=O) groups excluding carboxylic acids is 4. The molecule has 23 N–H and O–H groups in total. The average molecular weight is 1540 g/mol. The van der Waals surface area contributed by atoms with Gasteiger partial charge in [-0.3, -0.25) is 14.4 Å². The summed E-state index contributed by atoms with van der Waals surface area (Å²) in [6.07, 6.45) is -40.6. The monoisotopic (exact) mass is 1540 g/mol. The summed E-state index contributed by atoms with van der Waals surface area (Å²) >= 11 is 0. The van der Waals surface area contributed by atoms with Gasteiger partial charge in [0.15, 0.2) is 25.2 Å². The zero-order valence-electron chi connectivity index (χ0n) is 70.2. The minimum atomic E-state index is -3.53. The summed E-state index contributed by atoms with van der Waals surface area (Å²) in [5.74, 6) is -8.33. The van der Waals surface area contributed by atoms with Gasteiger partial charge in [-0.2, -0.15) is 0 Å². The van der Waals surface area contributed by atoms with Crippen LogP contribution in [0.5, 0.6) is 0 Å². The summed E-state index contributed by atoms with van der Waals surface area (Å²) in [6.45, 7) is -5.68. The Morgan fingerprint density at radius 1 is 0.566 bits per heavy atom. The second-order valence-corrected chi connectivity index (χ2v) is 27.7. The Bertz CT molecular complexity index is 2870. The molecule has 28 atom stereocenters.